The van der Waals surface area contributed by atoms with Crippen LogP contribution in [0, 0.1) is 5.92 Å². The Balaban J connectivity index is 1.40. The number of benzene rings is 2. The molecular formula is C23H22O6. The third-order valence-electron chi connectivity index (χ3n) is 5.25. The number of fused-ring (bicyclic) bond motifs is 1. The molecule has 6 nitrogen and oxygen atoms in total. The van der Waals surface area contributed by atoms with Crippen molar-refractivity contribution >= 4 is 11.8 Å². The number of hydrogen-bond acceptors (Lipinski definition) is 6. The fourth-order valence-corrected chi connectivity index (χ4v) is 3.73. The Hall–Kier alpha value is -3.28. The number of hydrogen-bond donors (Lipinski definition) is 0. The van der Waals surface area contributed by atoms with Crippen LogP contribution in [0.15, 0.2) is 66.6 Å². The van der Waals surface area contributed by atoms with Crippen LogP contribution in [-0.2, 0) is 14.3 Å². The zero-order valence-electron chi connectivity index (χ0n) is 16.1. The largest absolute Gasteiger partial charge is 0.493 e. The van der Waals surface area contributed by atoms with E-state index in [1.165, 1.54) is 6.26 Å². The highest BCUT2D eigenvalue weighted by Crippen LogP contribution is 2.36. The van der Waals surface area contributed by atoms with Gasteiger partial charge in [-0.15, -0.1) is 0 Å². The summed E-state index contributed by atoms with van der Waals surface area (Å²) in [5.41, 5.74) is 0.516. The van der Waals surface area contributed by atoms with E-state index in [4.69, 9.17) is 18.9 Å². The van der Waals surface area contributed by atoms with E-state index in [0.29, 0.717) is 36.3 Å². The molecule has 29 heavy (non-hydrogen) atoms. The van der Waals surface area contributed by atoms with Crippen molar-refractivity contribution in [3.8, 4) is 11.5 Å². The standard InChI is InChI=1S/C23H22O6/c1-26-18-9-5-6-10-19(18)29-21-14-27-20-13-16(11-12-17(20)22(21)24)28-23(25)15-7-3-2-4-8-15/h2-10,14,16-17,20H,11-13H2,1H3. The van der Waals surface area contributed by atoms with Crippen LogP contribution in [0.25, 0.3) is 0 Å². The Labute approximate surface area is 169 Å². The number of ketones is 1. The van der Waals surface area contributed by atoms with Gasteiger partial charge in [0.15, 0.2) is 11.5 Å². The van der Waals surface area contributed by atoms with Gasteiger partial charge in [0.05, 0.1) is 18.6 Å². The van der Waals surface area contributed by atoms with E-state index in [2.05, 4.69) is 0 Å². The van der Waals surface area contributed by atoms with E-state index < -0.39 is 0 Å². The zero-order valence-corrected chi connectivity index (χ0v) is 16.1. The van der Waals surface area contributed by atoms with Crippen molar-refractivity contribution in [2.24, 2.45) is 5.92 Å². The van der Waals surface area contributed by atoms with E-state index in [1.54, 1.807) is 43.5 Å². The summed E-state index contributed by atoms with van der Waals surface area (Å²) in [5, 5.41) is 0. The molecule has 1 fully saturated rings. The molecule has 0 amide bonds. The minimum absolute atomic E-state index is 0.0972. The third-order valence-corrected chi connectivity index (χ3v) is 5.25. The summed E-state index contributed by atoms with van der Waals surface area (Å²) < 4.78 is 22.4. The van der Waals surface area contributed by atoms with Crippen molar-refractivity contribution in [1.82, 2.24) is 0 Å². The predicted molar refractivity (Wildman–Crippen MR) is 105 cm³/mol. The third kappa shape index (κ3) is 4.11. The molecule has 3 unspecified atom stereocenters. The van der Waals surface area contributed by atoms with Crippen molar-refractivity contribution in [3.05, 3.63) is 72.2 Å². The van der Waals surface area contributed by atoms with E-state index in [1.807, 2.05) is 18.2 Å². The first-order valence-corrected chi connectivity index (χ1v) is 9.62. The van der Waals surface area contributed by atoms with Gasteiger partial charge in [-0.25, -0.2) is 4.79 Å². The lowest BCUT2D eigenvalue weighted by atomic mass is 9.80. The molecule has 0 aromatic heterocycles. The Morgan fingerprint density at radius 2 is 1.72 bits per heavy atom. The average molecular weight is 394 g/mol. The molecule has 0 spiro atoms. The van der Waals surface area contributed by atoms with Gasteiger partial charge >= 0.3 is 5.97 Å². The van der Waals surface area contributed by atoms with Crippen LogP contribution >= 0.6 is 0 Å². The summed E-state index contributed by atoms with van der Waals surface area (Å²) in [7, 11) is 1.55. The first-order valence-electron chi connectivity index (χ1n) is 9.62. The van der Waals surface area contributed by atoms with Gasteiger partial charge in [-0.1, -0.05) is 30.3 Å². The first-order chi connectivity index (χ1) is 14.2. The average Bonchev–Trinajstić information content (AvgIpc) is 2.76. The van der Waals surface area contributed by atoms with Gasteiger partial charge in [0.25, 0.3) is 0 Å². The number of Topliss-reactive ketones (excluding diaryl/α,β-unsaturated/α-hetero) is 1. The van der Waals surface area contributed by atoms with Gasteiger partial charge in [-0.05, 0) is 37.1 Å². The molecule has 2 aromatic carbocycles. The highest BCUT2D eigenvalue weighted by atomic mass is 16.6. The number of carbonyl (C=O) groups excluding carboxylic acids is 2. The molecule has 3 atom stereocenters. The Morgan fingerprint density at radius 3 is 2.48 bits per heavy atom. The van der Waals surface area contributed by atoms with Gasteiger partial charge in [-0.3, -0.25) is 4.79 Å². The number of methoxy groups -OCH3 is 1. The molecule has 1 heterocycles. The van der Waals surface area contributed by atoms with Crippen LogP contribution in [0.1, 0.15) is 29.6 Å². The number of esters is 1. The maximum Gasteiger partial charge on any atom is 0.338 e. The Morgan fingerprint density at radius 1 is 1.00 bits per heavy atom. The van der Waals surface area contributed by atoms with Gasteiger partial charge in [0.2, 0.25) is 11.5 Å². The van der Waals surface area contributed by atoms with Crippen molar-refractivity contribution in [1.29, 1.82) is 0 Å². The minimum Gasteiger partial charge on any atom is -0.493 e. The van der Waals surface area contributed by atoms with Crippen LogP contribution in [0.3, 0.4) is 0 Å². The summed E-state index contributed by atoms with van der Waals surface area (Å²) in [4.78, 5) is 25.2. The summed E-state index contributed by atoms with van der Waals surface area (Å²) in [6.07, 6.45) is 2.42. The van der Waals surface area contributed by atoms with Gasteiger partial charge in [0.1, 0.15) is 18.5 Å². The van der Waals surface area contributed by atoms with E-state index in [0.717, 1.165) is 0 Å². The quantitative estimate of drug-likeness (QED) is 0.716. The van der Waals surface area contributed by atoms with E-state index in [9.17, 15) is 9.59 Å². The second-order valence-electron chi connectivity index (χ2n) is 7.09. The number of para-hydroxylation sites is 2. The molecule has 0 bridgehead atoms. The molecule has 1 aliphatic carbocycles. The number of allylic oxidation sites excluding steroid dienone is 1. The van der Waals surface area contributed by atoms with Crippen LogP contribution in [0.4, 0.5) is 0 Å². The van der Waals surface area contributed by atoms with Crippen LogP contribution in [-0.4, -0.2) is 31.1 Å². The molecular weight excluding hydrogens is 372 g/mol. The second-order valence-corrected chi connectivity index (χ2v) is 7.09. The molecule has 1 aliphatic heterocycles. The normalized spacial score (nSPS) is 23.3. The molecule has 0 radical (unpaired) electrons. The van der Waals surface area contributed by atoms with Gasteiger partial charge in [0, 0.05) is 6.42 Å². The summed E-state index contributed by atoms with van der Waals surface area (Å²) >= 11 is 0. The lowest BCUT2D eigenvalue weighted by Crippen LogP contribution is -2.43. The monoisotopic (exact) mass is 394 g/mol. The first kappa shape index (κ1) is 19.1. The van der Waals surface area contributed by atoms with Crippen molar-refractivity contribution in [2.45, 2.75) is 31.5 Å². The maximum absolute atomic E-state index is 12.9. The van der Waals surface area contributed by atoms with Crippen LogP contribution < -0.4 is 9.47 Å². The zero-order chi connectivity index (χ0) is 20.2. The number of carbonyl (C=O) groups is 2. The van der Waals surface area contributed by atoms with Gasteiger partial charge < -0.3 is 18.9 Å². The number of ether oxygens (including phenoxy) is 4. The lowest BCUT2D eigenvalue weighted by molar-refractivity contribution is -0.132. The molecule has 150 valence electrons. The van der Waals surface area contributed by atoms with Crippen molar-refractivity contribution in [2.75, 3.05) is 7.11 Å². The molecule has 1 saturated carbocycles. The Kier molecular flexibility index (Phi) is 5.51. The topological polar surface area (TPSA) is 71.1 Å². The molecule has 4 rings (SSSR count). The van der Waals surface area contributed by atoms with Crippen molar-refractivity contribution in [3.63, 3.8) is 0 Å². The van der Waals surface area contributed by atoms with Crippen LogP contribution in [0.5, 0.6) is 11.5 Å². The van der Waals surface area contributed by atoms with Crippen molar-refractivity contribution < 1.29 is 28.5 Å². The lowest BCUT2D eigenvalue weighted by Gasteiger charge is -2.36. The summed E-state index contributed by atoms with van der Waals surface area (Å²) in [5.74, 6) is 0.403. The fraction of sp³-hybridized carbons (Fsp3) is 0.304. The maximum atomic E-state index is 12.9. The molecule has 0 N–H and O–H groups in total. The summed E-state index contributed by atoms with van der Waals surface area (Å²) in [6, 6.07) is 16.0. The molecule has 6 heteroatoms. The second kappa shape index (κ2) is 8.39. The highest BCUT2D eigenvalue weighted by molar-refractivity contribution is 5.96. The van der Waals surface area contributed by atoms with E-state index >= 15 is 0 Å². The molecule has 2 aliphatic rings. The highest BCUT2D eigenvalue weighted by Gasteiger charge is 2.42. The fourth-order valence-electron chi connectivity index (χ4n) is 3.73. The molecule has 0 saturated heterocycles. The van der Waals surface area contributed by atoms with E-state index in [-0.39, 0.29) is 35.6 Å². The Bertz CT molecular complexity index is 920. The smallest absolute Gasteiger partial charge is 0.338 e. The predicted octanol–water partition coefficient (Wildman–Crippen LogP) is 3.91. The van der Waals surface area contributed by atoms with Gasteiger partial charge in [-0.2, -0.15) is 0 Å². The SMILES string of the molecule is COc1ccccc1OC1=COC2CC(OC(=O)c3ccccc3)CCC2C1=O. The van der Waals surface area contributed by atoms with Crippen LogP contribution in [0.2, 0.25) is 0 Å². The molecule has 2 aromatic rings. The summed E-state index contributed by atoms with van der Waals surface area (Å²) in [6.45, 7) is 0. The number of rotatable bonds is 5. The minimum atomic E-state index is -0.355.